The molecule has 1 aromatic heterocycles. The summed E-state index contributed by atoms with van der Waals surface area (Å²) in [7, 11) is 1.84. The van der Waals surface area contributed by atoms with Crippen molar-refractivity contribution in [1.82, 2.24) is 9.78 Å². The molecule has 1 unspecified atom stereocenters. The second-order valence-corrected chi connectivity index (χ2v) is 4.59. The number of nitro groups is 1. The fourth-order valence-corrected chi connectivity index (χ4v) is 1.90. The smallest absolute Gasteiger partial charge is 0.292 e. The molecule has 2 aromatic rings. The molecule has 2 rings (SSSR count). The van der Waals surface area contributed by atoms with Crippen molar-refractivity contribution in [1.29, 1.82) is 0 Å². The number of rotatable bonds is 4. The first-order valence-corrected chi connectivity index (χ1v) is 5.97. The number of benzene rings is 1. The summed E-state index contributed by atoms with van der Waals surface area (Å²) in [5, 5.41) is 18.3. The van der Waals surface area contributed by atoms with Gasteiger partial charge in [-0.2, -0.15) is 5.10 Å². The van der Waals surface area contributed by atoms with E-state index in [2.05, 4.69) is 10.4 Å². The third-order valence-electron chi connectivity index (χ3n) is 2.95. The zero-order valence-electron chi connectivity index (χ0n) is 11.1. The highest BCUT2D eigenvalue weighted by atomic mass is 16.6. The summed E-state index contributed by atoms with van der Waals surface area (Å²) in [6, 6.07) is 5.11. The van der Waals surface area contributed by atoms with Gasteiger partial charge in [-0.25, -0.2) is 0 Å². The molecule has 100 valence electrons. The number of nitro benzene ring substituents is 1. The number of anilines is 1. The molecule has 1 aromatic carbocycles. The highest BCUT2D eigenvalue weighted by molar-refractivity contribution is 5.63. The largest absolute Gasteiger partial charge is 0.373 e. The molecule has 19 heavy (non-hydrogen) atoms. The van der Waals surface area contributed by atoms with Gasteiger partial charge in [0, 0.05) is 24.9 Å². The van der Waals surface area contributed by atoms with Gasteiger partial charge < -0.3 is 5.32 Å². The van der Waals surface area contributed by atoms with Crippen LogP contribution in [0.4, 0.5) is 11.4 Å². The molecule has 0 aliphatic rings. The van der Waals surface area contributed by atoms with Crippen molar-refractivity contribution in [2.24, 2.45) is 7.05 Å². The van der Waals surface area contributed by atoms with Crippen molar-refractivity contribution >= 4 is 11.4 Å². The van der Waals surface area contributed by atoms with Crippen LogP contribution in [0.1, 0.15) is 24.1 Å². The molecule has 6 nitrogen and oxygen atoms in total. The first kappa shape index (κ1) is 13.1. The number of hydrogen-bond acceptors (Lipinski definition) is 4. The Morgan fingerprint density at radius 2 is 2.21 bits per heavy atom. The molecule has 0 spiro atoms. The monoisotopic (exact) mass is 260 g/mol. The number of hydrogen-bond donors (Lipinski definition) is 1. The molecular weight excluding hydrogens is 244 g/mol. The Morgan fingerprint density at radius 1 is 1.47 bits per heavy atom. The van der Waals surface area contributed by atoms with Crippen molar-refractivity contribution < 1.29 is 4.92 Å². The molecule has 1 heterocycles. The van der Waals surface area contributed by atoms with Gasteiger partial charge in [0.15, 0.2) is 0 Å². The van der Waals surface area contributed by atoms with E-state index in [0.29, 0.717) is 5.69 Å². The normalized spacial score (nSPS) is 12.2. The minimum absolute atomic E-state index is 0.0462. The average molecular weight is 260 g/mol. The van der Waals surface area contributed by atoms with E-state index in [4.69, 9.17) is 0 Å². The van der Waals surface area contributed by atoms with Gasteiger partial charge in [0.1, 0.15) is 5.69 Å². The third kappa shape index (κ3) is 2.90. The Morgan fingerprint density at radius 3 is 2.79 bits per heavy atom. The summed E-state index contributed by atoms with van der Waals surface area (Å²) < 4.78 is 1.71. The van der Waals surface area contributed by atoms with Gasteiger partial charge in [-0.15, -0.1) is 0 Å². The summed E-state index contributed by atoms with van der Waals surface area (Å²) >= 11 is 0. The van der Waals surface area contributed by atoms with Crippen molar-refractivity contribution in [3.63, 3.8) is 0 Å². The molecule has 6 heteroatoms. The fourth-order valence-electron chi connectivity index (χ4n) is 1.90. The Balaban J connectivity index is 2.26. The fraction of sp³-hybridized carbons (Fsp3) is 0.308. The first-order chi connectivity index (χ1) is 8.97. The van der Waals surface area contributed by atoms with Crippen LogP contribution in [0.5, 0.6) is 0 Å². The van der Waals surface area contributed by atoms with Gasteiger partial charge in [0.05, 0.1) is 17.2 Å². The molecule has 0 aliphatic carbocycles. The Bertz CT molecular complexity index is 606. The molecule has 0 saturated heterocycles. The van der Waals surface area contributed by atoms with Gasteiger partial charge in [0.2, 0.25) is 0 Å². The quantitative estimate of drug-likeness (QED) is 0.677. The van der Waals surface area contributed by atoms with E-state index < -0.39 is 0 Å². The number of aromatic nitrogens is 2. The summed E-state index contributed by atoms with van der Waals surface area (Å²) in [6.07, 6.45) is 3.63. The van der Waals surface area contributed by atoms with Crippen molar-refractivity contribution in [2.75, 3.05) is 5.32 Å². The van der Waals surface area contributed by atoms with Crippen molar-refractivity contribution in [3.05, 3.63) is 51.8 Å². The van der Waals surface area contributed by atoms with E-state index in [-0.39, 0.29) is 16.7 Å². The van der Waals surface area contributed by atoms with Crippen LogP contribution in [0, 0.1) is 17.0 Å². The number of nitrogens with zero attached hydrogens (tertiary/aromatic N) is 3. The van der Waals surface area contributed by atoms with Crippen LogP contribution < -0.4 is 5.32 Å². The lowest BCUT2D eigenvalue weighted by Crippen LogP contribution is -2.08. The lowest BCUT2D eigenvalue weighted by molar-refractivity contribution is -0.384. The molecule has 0 aliphatic heterocycles. The van der Waals surface area contributed by atoms with E-state index in [9.17, 15) is 10.1 Å². The SMILES string of the molecule is Cc1ccc(NC(C)c2cnn(C)c2)c([N+](=O)[O-])c1. The van der Waals surface area contributed by atoms with Gasteiger partial charge in [-0.05, 0) is 25.5 Å². The van der Waals surface area contributed by atoms with Crippen molar-refractivity contribution in [2.45, 2.75) is 19.9 Å². The summed E-state index contributed by atoms with van der Waals surface area (Å²) in [5.74, 6) is 0. The van der Waals surface area contributed by atoms with Gasteiger partial charge >= 0.3 is 0 Å². The van der Waals surface area contributed by atoms with E-state index >= 15 is 0 Å². The van der Waals surface area contributed by atoms with Crippen LogP contribution in [0.3, 0.4) is 0 Å². The molecule has 0 fully saturated rings. The first-order valence-electron chi connectivity index (χ1n) is 5.97. The summed E-state index contributed by atoms with van der Waals surface area (Å²) in [5.41, 5.74) is 2.46. The maximum atomic E-state index is 11.0. The predicted octanol–water partition coefficient (Wildman–Crippen LogP) is 2.81. The van der Waals surface area contributed by atoms with Gasteiger partial charge in [-0.1, -0.05) is 6.07 Å². The molecular formula is C13H16N4O2. The summed E-state index contributed by atoms with van der Waals surface area (Å²) in [4.78, 5) is 10.7. The molecule has 1 N–H and O–H groups in total. The van der Waals surface area contributed by atoms with Crippen LogP contribution in [0.15, 0.2) is 30.6 Å². The maximum Gasteiger partial charge on any atom is 0.292 e. The number of aryl methyl sites for hydroxylation is 2. The van der Waals surface area contributed by atoms with Crippen LogP contribution in [0.2, 0.25) is 0 Å². The summed E-state index contributed by atoms with van der Waals surface area (Å²) in [6.45, 7) is 3.78. The van der Waals surface area contributed by atoms with E-state index in [1.807, 2.05) is 33.2 Å². The van der Waals surface area contributed by atoms with Gasteiger partial charge in [0.25, 0.3) is 5.69 Å². The zero-order valence-corrected chi connectivity index (χ0v) is 11.1. The Labute approximate surface area is 111 Å². The molecule has 1 atom stereocenters. The highest BCUT2D eigenvalue weighted by Gasteiger charge is 2.16. The van der Waals surface area contributed by atoms with Gasteiger partial charge in [-0.3, -0.25) is 14.8 Å². The standard InChI is InChI=1S/C13H16N4O2/c1-9-4-5-12(13(6-9)17(18)19)15-10(2)11-7-14-16(3)8-11/h4-8,10,15H,1-3H3. The van der Waals surface area contributed by atoms with Crippen LogP contribution >= 0.6 is 0 Å². The average Bonchev–Trinajstić information content (AvgIpc) is 2.78. The third-order valence-corrected chi connectivity index (χ3v) is 2.95. The van der Waals surface area contributed by atoms with Crippen LogP contribution in [-0.2, 0) is 7.05 Å². The van der Waals surface area contributed by atoms with Crippen LogP contribution in [0.25, 0.3) is 0 Å². The predicted molar refractivity (Wildman–Crippen MR) is 73.1 cm³/mol. The molecule has 0 saturated carbocycles. The number of nitrogens with one attached hydrogen (secondary N) is 1. The van der Waals surface area contributed by atoms with Crippen LogP contribution in [-0.4, -0.2) is 14.7 Å². The van der Waals surface area contributed by atoms with E-state index in [0.717, 1.165) is 11.1 Å². The highest BCUT2D eigenvalue weighted by Crippen LogP contribution is 2.28. The zero-order chi connectivity index (χ0) is 14.0. The Kier molecular flexibility index (Phi) is 3.50. The lowest BCUT2D eigenvalue weighted by Gasteiger charge is -2.14. The minimum atomic E-state index is -0.370. The lowest BCUT2D eigenvalue weighted by atomic mass is 10.1. The van der Waals surface area contributed by atoms with E-state index in [1.165, 1.54) is 0 Å². The molecule has 0 bridgehead atoms. The maximum absolute atomic E-state index is 11.0. The molecule has 0 radical (unpaired) electrons. The molecule has 0 amide bonds. The minimum Gasteiger partial charge on any atom is -0.373 e. The van der Waals surface area contributed by atoms with E-state index in [1.54, 1.807) is 23.0 Å². The topological polar surface area (TPSA) is 73.0 Å². The second kappa shape index (κ2) is 5.09. The van der Waals surface area contributed by atoms with Crippen molar-refractivity contribution in [3.8, 4) is 0 Å². The Hall–Kier alpha value is -2.37. The second-order valence-electron chi connectivity index (χ2n) is 4.59.